The number of hydrogen-bond acceptors (Lipinski definition) is 2. The summed E-state index contributed by atoms with van der Waals surface area (Å²) in [5.74, 6) is 0. The fourth-order valence-electron chi connectivity index (χ4n) is 3.54. The van der Waals surface area contributed by atoms with Gasteiger partial charge in [0.05, 0.1) is 0 Å². The second-order valence-corrected chi connectivity index (χ2v) is 6.78. The van der Waals surface area contributed by atoms with Gasteiger partial charge in [-0.15, -0.1) is 0 Å². The highest BCUT2D eigenvalue weighted by Crippen LogP contribution is 2.22. The molecule has 2 saturated carbocycles. The van der Waals surface area contributed by atoms with E-state index in [1.54, 1.807) is 0 Å². The van der Waals surface area contributed by atoms with Gasteiger partial charge in [0.2, 0.25) is 0 Å². The molecular weight excluding hydrogens is 254 g/mol. The van der Waals surface area contributed by atoms with E-state index in [4.69, 9.17) is 12.2 Å². The number of nitrogens with one attached hydrogen (secondary N) is 2. The summed E-state index contributed by atoms with van der Waals surface area (Å²) in [6.07, 6.45) is 11.9. The first-order valence-corrected chi connectivity index (χ1v) is 8.31. The van der Waals surface area contributed by atoms with E-state index in [-0.39, 0.29) is 0 Å². The lowest BCUT2D eigenvalue weighted by atomic mass is 9.89. The third kappa shape index (κ3) is 4.60. The quantitative estimate of drug-likeness (QED) is 0.779. The number of rotatable bonds is 3. The number of nitrogens with zero attached hydrogens (tertiary/aromatic N) is 1. The van der Waals surface area contributed by atoms with Crippen LogP contribution in [-0.2, 0) is 0 Å². The zero-order chi connectivity index (χ0) is 13.7. The SMILES string of the molecule is CN(C)C1CCCC[C@H]1NC(=S)NC1CCCCC1. The molecule has 2 N–H and O–H groups in total. The van der Waals surface area contributed by atoms with Crippen LogP contribution in [0.1, 0.15) is 57.8 Å². The molecule has 0 aliphatic heterocycles. The number of likely N-dealkylation sites (N-methyl/N-ethyl adjacent to an activating group) is 1. The van der Waals surface area contributed by atoms with Gasteiger partial charge >= 0.3 is 0 Å². The van der Waals surface area contributed by atoms with Gasteiger partial charge < -0.3 is 15.5 Å². The summed E-state index contributed by atoms with van der Waals surface area (Å²) in [7, 11) is 4.37. The van der Waals surface area contributed by atoms with E-state index < -0.39 is 0 Å². The molecule has 0 bridgehead atoms. The Bertz CT molecular complexity index is 287. The summed E-state index contributed by atoms with van der Waals surface area (Å²) in [4.78, 5) is 2.35. The van der Waals surface area contributed by atoms with Gasteiger partial charge in [-0.05, 0) is 52.0 Å². The van der Waals surface area contributed by atoms with Crippen LogP contribution < -0.4 is 10.6 Å². The first-order valence-electron chi connectivity index (χ1n) is 7.90. The second kappa shape index (κ2) is 7.44. The van der Waals surface area contributed by atoms with Crippen molar-refractivity contribution in [3.63, 3.8) is 0 Å². The van der Waals surface area contributed by atoms with E-state index in [1.807, 2.05) is 0 Å². The van der Waals surface area contributed by atoms with Crippen molar-refractivity contribution in [3.8, 4) is 0 Å². The molecule has 1 unspecified atom stereocenters. The molecule has 0 aromatic carbocycles. The standard InChI is InChI=1S/C15H29N3S/c1-18(2)14-11-7-6-10-13(14)17-15(19)16-12-8-4-3-5-9-12/h12-14H,3-11H2,1-2H3,(H2,16,17,19)/t13-,14?/m1/s1. The molecule has 2 aliphatic carbocycles. The van der Waals surface area contributed by atoms with Gasteiger partial charge in [-0.1, -0.05) is 32.1 Å². The molecule has 0 amide bonds. The van der Waals surface area contributed by atoms with Gasteiger partial charge in [-0.3, -0.25) is 0 Å². The first kappa shape index (κ1) is 15.0. The lowest BCUT2D eigenvalue weighted by Crippen LogP contribution is -2.54. The van der Waals surface area contributed by atoms with Crippen molar-refractivity contribution in [1.29, 1.82) is 0 Å². The van der Waals surface area contributed by atoms with E-state index in [2.05, 4.69) is 29.6 Å². The summed E-state index contributed by atoms with van der Waals surface area (Å²) in [5, 5.41) is 7.98. The lowest BCUT2D eigenvalue weighted by molar-refractivity contribution is 0.189. The minimum Gasteiger partial charge on any atom is -0.360 e. The Hall–Kier alpha value is -0.350. The molecule has 0 saturated heterocycles. The Morgan fingerprint density at radius 1 is 0.895 bits per heavy atom. The van der Waals surface area contributed by atoms with Crippen molar-refractivity contribution in [2.24, 2.45) is 0 Å². The Labute approximate surface area is 123 Å². The van der Waals surface area contributed by atoms with Crippen LogP contribution in [0.5, 0.6) is 0 Å². The van der Waals surface area contributed by atoms with Crippen LogP contribution in [-0.4, -0.2) is 42.2 Å². The fourth-order valence-corrected chi connectivity index (χ4v) is 3.86. The third-order valence-electron chi connectivity index (χ3n) is 4.65. The maximum absolute atomic E-state index is 5.51. The predicted octanol–water partition coefficient (Wildman–Crippen LogP) is 2.66. The summed E-state index contributed by atoms with van der Waals surface area (Å²) in [5.41, 5.74) is 0. The lowest BCUT2D eigenvalue weighted by Gasteiger charge is -2.37. The van der Waals surface area contributed by atoms with Crippen molar-refractivity contribution in [1.82, 2.24) is 15.5 Å². The van der Waals surface area contributed by atoms with Gasteiger partial charge in [0.1, 0.15) is 0 Å². The average molecular weight is 283 g/mol. The zero-order valence-electron chi connectivity index (χ0n) is 12.5. The smallest absolute Gasteiger partial charge is 0.166 e. The van der Waals surface area contributed by atoms with Crippen molar-refractivity contribution in [2.75, 3.05) is 14.1 Å². The highest BCUT2D eigenvalue weighted by Gasteiger charge is 2.27. The zero-order valence-corrected chi connectivity index (χ0v) is 13.3. The van der Waals surface area contributed by atoms with Crippen LogP contribution in [0.15, 0.2) is 0 Å². The molecule has 3 nitrogen and oxygen atoms in total. The maximum atomic E-state index is 5.51. The monoisotopic (exact) mass is 283 g/mol. The Morgan fingerprint density at radius 2 is 1.53 bits per heavy atom. The second-order valence-electron chi connectivity index (χ2n) is 6.37. The molecular formula is C15H29N3S. The van der Waals surface area contributed by atoms with E-state index in [1.165, 1.54) is 57.8 Å². The predicted molar refractivity (Wildman–Crippen MR) is 85.5 cm³/mol. The molecule has 2 aliphatic rings. The molecule has 2 fully saturated rings. The topological polar surface area (TPSA) is 27.3 Å². The van der Waals surface area contributed by atoms with Gasteiger partial charge in [0, 0.05) is 18.1 Å². The Balaban J connectivity index is 1.79. The Kier molecular flexibility index (Phi) is 5.89. The molecule has 110 valence electrons. The minimum absolute atomic E-state index is 0.521. The first-order chi connectivity index (χ1) is 9.16. The minimum atomic E-state index is 0.521. The van der Waals surface area contributed by atoms with Gasteiger partial charge in [0.15, 0.2) is 5.11 Å². The van der Waals surface area contributed by atoms with Crippen molar-refractivity contribution < 1.29 is 0 Å². The largest absolute Gasteiger partial charge is 0.360 e. The Morgan fingerprint density at radius 3 is 2.21 bits per heavy atom. The van der Waals surface area contributed by atoms with E-state index >= 15 is 0 Å². The summed E-state index contributed by atoms with van der Waals surface area (Å²) < 4.78 is 0. The summed E-state index contributed by atoms with van der Waals surface area (Å²) in [6.45, 7) is 0. The molecule has 0 aromatic rings. The van der Waals surface area contributed by atoms with E-state index in [9.17, 15) is 0 Å². The molecule has 19 heavy (non-hydrogen) atoms. The highest BCUT2D eigenvalue weighted by molar-refractivity contribution is 7.80. The van der Waals surface area contributed by atoms with Crippen molar-refractivity contribution in [3.05, 3.63) is 0 Å². The van der Waals surface area contributed by atoms with Crippen molar-refractivity contribution in [2.45, 2.75) is 75.9 Å². The average Bonchev–Trinajstić information content (AvgIpc) is 2.40. The normalized spacial score (nSPS) is 29.2. The summed E-state index contributed by atoms with van der Waals surface area (Å²) >= 11 is 5.51. The van der Waals surface area contributed by atoms with Crippen molar-refractivity contribution >= 4 is 17.3 Å². The molecule has 0 radical (unpaired) electrons. The molecule has 0 aromatic heterocycles. The van der Waals surface area contributed by atoms with Crippen LogP contribution in [0.3, 0.4) is 0 Å². The van der Waals surface area contributed by atoms with Crippen LogP contribution in [0.4, 0.5) is 0 Å². The molecule has 0 spiro atoms. The third-order valence-corrected chi connectivity index (χ3v) is 4.89. The van der Waals surface area contributed by atoms with Crippen LogP contribution in [0.25, 0.3) is 0 Å². The maximum Gasteiger partial charge on any atom is 0.166 e. The fraction of sp³-hybridized carbons (Fsp3) is 0.933. The highest BCUT2D eigenvalue weighted by atomic mass is 32.1. The molecule has 2 rings (SSSR count). The van der Waals surface area contributed by atoms with E-state index in [0.717, 1.165) is 5.11 Å². The summed E-state index contributed by atoms with van der Waals surface area (Å²) in [6, 6.07) is 1.75. The molecule has 0 heterocycles. The van der Waals surface area contributed by atoms with Crippen LogP contribution in [0.2, 0.25) is 0 Å². The van der Waals surface area contributed by atoms with Crippen LogP contribution >= 0.6 is 12.2 Å². The molecule has 2 atom stereocenters. The van der Waals surface area contributed by atoms with Crippen LogP contribution in [0, 0.1) is 0 Å². The number of thiocarbonyl (C=S) groups is 1. The van der Waals surface area contributed by atoms with E-state index in [0.29, 0.717) is 18.1 Å². The van der Waals surface area contributed by atoms with Gasteiger partial charge in [-0.2, -0.15) is 0 Å². The van der Waals surface area contributed by atoms with Gasteiger partial charge in [-0.25, -0.2) is 0 Å². The number of hydrogen-bond donors (Lipinski definition) is 2. The molecule has 4 heteroatoms. The van der Waals surface area contributed by atoms with Gasteiger partial charge in [0.25, 0.3) is 0 Å².